The Morgan fingerprint density at radius 1 is 0.348 bits per heavy atom. The summed E-state index contributed by atoms with van der Waals surface area (Å²) in [5.41, 5.74) is 0. The van der Waals surface area contributed by atoms with Crippen molar-refractivity contribution in [3.8, 4) is 96.5 Å². The Morgan fingerprint density at radius 3 is 1.09 bits per heavy atom. The Hall–Kier alpha value is -3.50. The molecule has 0 amide bonds. The van der Waals surface area contributed by atoms with Crippen LogP contribution in [0.1, 0.15) is 4.88 Å². The van der Waals surface area contributed by atoms with Gasteiger partial charge in [0, 0.05) is 10.3 Å². The third kappa shape index (κ3) is 4.08. The zero-order chi connectivity index (χ0) is 30.4. The Morgan fingerprint density at radius 2 is 0.652 bits per heavy atom. The van der Waals surface area contributed by atoms with Crippen molar-refractivity contribution in [2.24, 2.45) is 0 Å². The molecule has 0 N–H and O–H groups in total. The second-order valence-electron chi connectivity index (χ2n) is 10.6. The average molecular weight is 717 g/mol. The van der Waals surface area contributed by atoms with Crippen LogP contribution in [-0.4, -0.2) is 66.1 Å². The molecule has 46 heavy (non-hydrogen) atoms. The van der Waals surface area contributed by atoms with Crippen LogP contribution in [0.15, 0.2) is 5.38 Å². The fraction of sp³-hybridized carbons (Fsp3) is 0.355. The third-order valence-corrected chi connectivity index (χ3v) is 14.0. The van der Waals surface area contributed by atoms with Crippen LogP contribution in [0.25, 0.3) is 39.0 Å². The Kier molecular flexibility index (Phi) is 6.46. The summed E-state index contributed by atoms with van der Waals surface area (Å²) in [5, 5.41) is 1.99. The van der Waals surface area contributed by atoms with E-state index in [9.17, 15) is 0 Å². The first kappa shape index (κ1) is 27.6. The van der Waals surface area contributed by atoms with E-state index in [1.54, 1.807) is 56.7 Å². The van der Waals surface area contributed by atoms with Crippen molar-refractivity contribution in [1.29, 1.82) is 0 Å². The zero-order valence-electron chi connectivity index (χ0n) is 24.3. The van der Waals surface area contributed by atoms with Crippen LogP contribution in [0.2, 0.25) is 0 Å². The quantitative estimate of drug-likeness (QED) is 0.183. The molecule has 15 heteroatoms. The van der Waals surface area contributed by atoms with E-state index in [1.165, 1.54) is 0 Å². The molecule has 238 valence electrons. The summed E-state index contributed by atoms with van der Waals surface area (Å²) in [6.07, 6.45) is 0. The van der Waals surface area contributed by atoms with E-state index in [0.29, 0.717) is 89.1 Å². The van der Waals surface area contributed by atoms with E-state index >= 15 is 0 Å². The smallest absolute Gasteiger partial charge is 0.181 e. The number of ether oxygens (including phenoxy) is 10. The minimum atomic E-state index is 0.447. The molecule has 0 atom stereocenters. The average Bonchev–Trinajstić information content (AvgIpc) is 3.92. The second kappa shape index (κ2) is 10.8. The minimum Gasteiger partial charge on any atom is -0.485 e. The summed E-state index contributed by atoms with van der Waals surface area (Å²) < 4.78 is 61.9. The lowest BCUT2D eigenvalue weighted by Crippen LogP contribution is -2.16. The van der Waals surface area contributed by atoms with Gasteiger partial charge in [-0.2, -0.15) is 0 Å². The molecule has 5 aromatic heterocycles. The van der Waals surface area contributed by atoms with Crippen molar-refractivity contribution >= 4 is 56.7 Å². The molecule has 0 aliphatic carbocycles. The van der Waals surface area contributed by atoms with Crippen molar-refractivity contribution in [3.63, 3.8) is 0 Å². The minimum absolute atomic E-state index is 0.447. The van der Waals surface area contributed by atoms with Gasteiger partial charge in [0.15, 0.2) is 57.5 Å². The number of thiophene rings is 5. The fourth-order valence-electron chi connectivity index (χ4n) is 6.01. The molecular weight excluding hydrogens is 693 g/mol. The van der Waals surface area contributed by atoms with Gasteiger partial charge >= 0.3 is 0 Å². The number of fused-ring (bicyclic) bond motifs is 5. The maximum Gasteiger partial charge on any atom is 0.181 e. The molecular formula is C31H24O10S5. The number of hydrogen-bond donors (Lipinski definition) is 0. The molecule has 0 aromatic carbocycles. The van der Waals surface area contributed by atoms with Crippen LogP contribution < -0.4 is 47.4 Å². The molecule has 0 spiro atoms. The first-order chi connectivity index (χ1) is 22.7. The summed E-state index contributed by atoms with van der Waals surface area (Å²) in [4.78, 5) is 8.65. The molecule has 0 fully saturated rings. The predicted molar refractivity (Wildman–Crippen MR) is 177 cm³/mol. The van der Waals surface area contributed by atoms with Crippen molar-refractivity contribution < 1.29 is 47.4 Å². The van der Waals surface area contributed by atoms with Gasteiger partial charge in [0.1, 0.15) is 66.1 Å². The SMILES string of the molecule is Cc1sc(-c2sc(-c3sc(-c4sc(-c5scc6c5OCCO6)c5c4OCCO5)c4c3OCCO4)c3c2OCCO3)c2c1OCCO2. The maximum absolute atomic E-state index is 6.36. The highest BCUT2D eigenvalue weighted by atomic mass is 32.1. The third-order valence-electron chi connectivity index (χ3n) is 7.89. The van der Waals surface area contributed by atoms with E-state index < -0.39 is 0 Å². The molecule has 5 aliphatic rings. The van der Waals surface area contributed by atoms with Gasteiger partial charge in [0.05, 0.1) is 39.0 Å². The zero-order valence-corrected chi connectivity index (χ0v) is 28.4. The molecule has 5 aromatic rings. The summed E-state index contributed by atoms with van der Waals surface area (Å²) in [7, 11) is 0. The lowest BCUT2D eigenvalue weighted by molar-refractivity contribution is 0.170. The van der Waals surface area contributed by atoms with E-state index in [1.807, 2.05) is 5.38 Å². The highest BCUT2D eigenvalue weighted by Crippen LogP contribution is 2.66. The van der Waals surface area contributed by atoms with Gasteiger partial charge in [-0.3, -0.25) is 0 Å². The molecule has 0 saturated carbocycles. The summed E-state index contributed by atoms with van der Waals surface area (Å²) in [6, 6.07) is 0. The van der Waals surface area contributed by atoms with Crippen LogP contribution in [0.3, 0.4) is 0 Å². The van der Waals surface area contributed by atoms with Gasteiger partial charge in [-0.25, -0.2) is 0 Å². The van der Waals surface area contributed by atoms with Crippen molar-refractivity contribution in [2.45, 2.75) is 6.92 Å². The number of rotatable bonds is 4. The van der Waals surface area contributed by atoms with Crippen molar-refractivity contribution in [3.05, 3.63) is 10.3 Å². The topological polar surface area (TPSA) is 92.3 Å². The first-order valence-corrected chi connectivity index (χ1v) is 18.9. The van der Waals surface area contributed by atoms with Crippen molar-refractivity contribution in [1.82, 2.24) is 0 Å². The predicted octanol–water partition coefficient (Wildman–Crippen LogP) is 7.83. The summed E-state index contributed by atoms with van der Waals surface area (Å²) in [6.45, 7) is 6.89. The summed E-state index contributed by atoms with van der Waals surface area (Å²) in [5.74, 6) is 7.36. The monoisotopic (exact) mass is 716 g/mol. The molecule has 0 saturated heterocycles. The van der Waals surface area contributed by atoms with E-state index in [2.05, 4.69) is 6.92 Å². The molecule has 5 aliphatic heterocycles. The normalized spacial score (nSPS) is 17.2. The van der Waals surface area contributed by atoms with Crippen LogP contribution in [0, 0.1) is 6.92 Å². The Bertz CT molecular complexity index is 2010. The Balaban J connectivity index is 1.15. The molecule has 0 radical (unpaired) electrons. The van der Waals surface area contributed by atoms with Crippen LogP contribution in [-0.2, 0) is 0 Å². The van der Waals surface area contributed by atoms with Crippen LogP contribution in [0.4, 0.5) is 0 Å². The van der Waals surface area contributed by atoms with Gasteiger partial charge in [-0.15, -0.1) is 56.7 Å². The lowest BCUT2D eigenvalue weighted by atomic mass is 10.2. The van der Waals surface area contributed by atoms with Gasteiger partial charge < -0.3 is 47.4 Å². The van der Waals surface area contributed by atoms with Crippen LogP contribution >= 0.6 is 56.7 Å². The fourth-order valence-corrected chi connectivity index (χ4v) is 12.1. The summed E-state index contributed by atoms with van der Waals surface area (Å²) >= 11 is 8.06. The van der Waals surface area contributed by atoms with E-state index in [-0.39, 0.29) is 0 Å². The Labute approximate surface area is 282 Å². The van der Waals surface area contributed by atoms with Gasteiger partial charge in [0.2, 0.25) is 0 Å². The second-order valence-corrected chi connectivity index (χ2v) is 15.8. The molecule has 10 rings (SSSR count). The molecule has 10 heterocycles. The highest BCUT2D eigenvalue weighted by molar-refractivity contribution is 7.31. The van der Waals surface area contributed by atoms with Crippen molar-refractivity contribution in [2.75, 3.05) is 66.1 Å². The molecule has 0 bridgehead atoms. The van der Waals surface area contributed by atoms with Crippen LogP contribution in [0.5, 0.6) is 57.5 Å². The number of aryl methyl sites for hydroxylation is 1. The van der Waals surface area contributed by atoms with Gasteiger partial charge in [-0.1, -0.05) is 0 Å². The van der Waals surface area contributed by atoms with Gasteiger partial charge in [-0.05, 0) is 6.92 Å². The largest absolute Gasteiger partial charge is 0.485 e. The molecule has 0 unspecified atom stereocenters. The first-order valence-electron chi connectivity index (χ1n) is 14.8. The standard InChI is InChI=1S/C31H24O10S5/c1-13-15-17(35-5-4-33-15)26(43-13)27-20-21(39-9-8-38-20)30(45-27)31-23-22(40-10-11-41-23)29(46-31)28-19-18(36-6-7-37-19)25(44-28)24-16-14(12-42-24)32-2-3-34-16/h12H,2-11H2,1H3. The lowest BCUT2D eigenvalue weighted by Gasteiger charge is -2.19. The van der Waals surface area contributed by atoms with E-state index in [4.69, 9.17) is 47.4 Å². The maximum atomic E-state index is 6.36. The number of hydrogen-bond acceptors (Lipinski definition) is 15. The van der Waals surface area contributed by atoms with E-state index in [0.717, 1.165) is 78.4 Å². The highest BCUT2D eigenvalue weighted by Gasteiger charge is 2.38. The molecule has 10 nitrogen and oxygen atoms in total. The van der Waals surface area contributed by atoms with Gasteiger partial charge in [0.25, 0.3) is 0 Å².